The predicted molar refractivity (Wildman–Crippen MR) is 116 cm³/mol. The molecule has 0 spiro atoms. The van der Waals surface area contributed by atoms with Crippen molar-refractivity contribution in [3.05, 3.63) is 77.6 Å². The summed E-state index contributed by atoms with van der Waals surface area (Å²) in [6, 6.07) is 16.5. The number of rotatable bonds is 4. The molecule has 0 aliphatic carbocycles. The molecule has 1 aromatic heterocycles. The maximum Gasteiger partial charge on any atom is 0.337 e. The number of fused-ring (bicyclic) bond motifs is 1. The number of carboxylic acid groups (broad SMARTS) is 1. The fourth-order valence-corrected chi connectivity index (χ4v) is 3.89. The van der Waals surface area contributed by atoms with E-state index in [1.165, 1.54) is 39.4 Å². The smallest absolute Gasteiger partial charge is 0.337 e. The van der Waals surface area contributed by atoms with Gasteiger partial charge in [-0.1, -0.05) is 36.0 Å². The second kappa shape index (κ2) is 9.98. The number of pyridine rings is 1. The lowest BCUT2D eigenvalue weighted by molar-refractivity contribution is 0.0698. The number of aryl methyl sites for hydroxylation is 2. The third-order valence-corrected chi connectivity index (χ3v) is 5.70. The molecule has 0 radical (unpaired) electrons. The molecular weight excluding hydrogens is 384 g/mol. The zero-order valence-electron chi connectivity index (χ0n) is 16.5. The highest BCUT2D eigenvalue weighted by Gasteiger charge is 2.11. The van der Waals surface area contributed by atoms with E-state index in [1.807, 2.05) is 11.8 Å². The van der Waals surface area contributed by atoms with Gasteiger partial charge in [0.1, 0.15) is 5.75 Å². The fourth-order valence-electron chi connectivity index (χ4n) is 2.96. The molecule has 0 fully saturated rings. The van der Waals surface area contributed by atoms with E-state index >= 15 is 0 Å². The number of aromatic carboxylic acids is 1. The number of ether oxygens (including phenoxy) is 1. The summed E-state index contributed by atoms with van der Waals surface area (Å²) in [7, 11) is 1.66. The lowest BCUT2D eigenvalue weighted by Crippen LogP contribution is -2.07. The summed E-state index contributed by atoms with van der Waals surface area (Å²) in [5.74, 6) is 0.122. The Morgan fingerprint density at radius 2 is 2.03 bits per heavy atom. The second-order valence-corrected chi connectivity index (χ2v) is 7.68. The third-order valence-electron chi connectivity index (χ3n) is 4.53. The van der Waals surface area contributed by atoms with E-state index in [4.69, 9.17) is 9.84 Å². The van der Waals surface area contributed by atoms with Crippen LogP contribution in [-0.4, -0.2) is 29.7 Å². The van der Waals surface area contributed by atoms with Gasteiger partial charge >= 0.3 is 5.97 Å². The van der Waals surface area contributed by atoms with Crippen LogP contribution in [0.25, 0.3) is 0 Å². The molecule has 29 heavy (non-hydrogen) atoms. The normalized spacial score (nSPS) is 12.1. The SMILES string of the molecule is CNc1cnccc1C(=O)O.Cc1ccccc1Sc1ccc2c(c1)OCCC2. The number of hydrogen-bond acceptors (Lipinski definition) is 5. The molecule has 2 N–H and O–H groups in total. The van der Waals surface area contributed by atoms with Crippen LogP contribution in [0.4, 0.5) is 5.69 Å². The van der Waals surface area contributed by atoms with Gasteiger partial charge in [-0.2, -0.15) is 0 Å². The van der Waals surface area contributed by atoms with Crippen LogP contribution in [0.3, 0.4) is 0 Å². The Hall–Kier alpha value is -2.99. The maximum absolute atomic E-state index is 10.5. The quantitative estimate of drug-likeness (QED) is 0.611. The summed E-state index contributed by atoms with van der Waals surface area (Å²) in [4.78, 5) is 16.9. The van der Waals surface area contributed by atoms with Crippen molar-refractivity contribution in [1.29, 1.82) is 0 Å². The van der Waals surface area contributed by atoms with Crippen LogP contribution < -0.4 is 10.1 Å². The molecule has 0 bridgehead atoms. The van der Waals surface area contributed by atoms with Crippen molar-refractivity contribution < 1.29 is 14.6 Å². The molecule has 1 aliphatic rings. The van der Waals surface area contributed by atoms with Gasteiger partial charge in [-0.25, -0.2) is 4.79 Å². The zero-order chi connectivity index (χ0) is 20.6. The van der Waals surface area contributed by atoms with Crippen LogP contribution >= 0.6 is 11.8 Å². The van der Waals surface area contributed by atoms with Gasteiger partial charge in [0.25, 0.3) is 0 Å². The molecular formula is C23H24N2O3S. The van der Waals surface area contributed by atoms with Crippen LogP contribution in [0.1, 0.15) is 27.9 Å². The van der Waals surface area contributed by atoms with Gasteiger partial charge < -0.3 is 15.2 Å². The molecule has 0 amide bonds. The summed E-state index contributed by atoms with van der Waals surface area (Å²) in [6.07, 6.45) is 5.20. The molecule has 4 rings (SSSR count). The van der Waals surface area contributed by atoms with Gasteiger partial charge in [0.2, 0.25) is 0 Å². The van der Waals surface area contributed by atoms with Crippen LogP contribution in [0, 0.1) is 6.92 Å². The number of benzene rings is 2. The first-order chi connectivity index (χ1) is 14.1. The Bertz CT molecular complexity index is 991. The van der Waals surface area contributed by atoms with Gasteiger partial charge in [0.15, 0.2) is 0 Å². The van der Waals surface area contributed by atoms with Gasteiger partial charge in [0.05, 0.1) is 24.1 Å². The Morgan fingerprint density at radius 3 is 2.76 bits per heavy atom. The minimum absolute atomic E-state index is 0.238. The zero-order valence-corrected chi connectivity index (χ0v) is 17.3. The number of nitrogens with one attached hydrogen (secondary N) is 1. The minimum Gasteiger partial charge on any atom is -0.493 e. The van der Waals surface area contributed by atoms with E-state index in [1.54, 1.807) is 7.05 Å². The van der Waals surface area contributed by atoms with Crippen molar-refractivity contribution in [3.63, 3.8) is 0 Å². The summed E-state index contributed by atoms with van der Waals surface area (Å²) in [5.41, 5.74) is 3.43. The van der Waals surface area contributed by atoms with Crippen LogP contribution in [-0.2, 0) is 6.42 Å². The Kier molecular flexibility index (Phi) is 7.14. The van der Waals surface area contributed by atoms with Crippen molar-refractivity contribution >= 4 is 23.4 Å². The van der Waals surface area contributed by atoms with Crippen molar-refractivity contribution in [2.75, 3.05) is 19.0 Å². The lowest BCUT2D eigenvalue weighted by Gasteiger charge is -2.17. The molecule has 0 atom stereocenters. The van der Waals surface area contributed by atoms with Crippen molar-refractivity contribution in [3.8, 4) is 5.75 Å². The molecule has 0 saturated heterocycles. The van der Waals surface area contributed by atoms with E-state index in [9.17, 15) is 4.79 Å². The Labute approximate surface area is 175 Å². The van der Waals surface area contributed by atoms with Crippen LogP contribution in [0.2, 0.25) is 0 Å². The number of hydrogen-bond donors (Lipinski definition) is 2. The highest BCUT2D eigenvalue weighted by molar-refractivity contribution is 7.99. The summed E-state index contributed by atoms with van der Waals surface area (Å²) < 4.78 is 5.72. The van der Waals surface area contributed by atoms with Gasteiger partial charge in [-0.3, -0.25) is 4.98 Å². The fraction of sp³-hybridized carbons (Fsp3) is 0.217. The Balaban J connectivity index is 0.000000188. The third kappa shape index (κ3) is 5.51. The van der Waals surface area contributed by atoms with E-state index in [2.05, 4.69) is 59.7 Å². The molecule has 5 nitrogen and oxygen atoms in total. The predicted octanol–water partition coefficient (Wildman–Crippen LogP) is 5.29. The topological polar surface area (TPSA) is 71.5 Å². The number of aromatic nitrogens is 1. The monoisotopic (exact) mass is 408 g/mol. The molecule has 1 aliphatic heterocycles. The van der Waals surface area contributed by atoms with E-state index in [0.717, 1.165) is 25.2 Å². The standard InChI is InChI=1S/C16H16OS.C7H8N2O2/c1-12-5-2-3-7-16(12)18-14-9-8-13-6-4-10-17-15(13)11-14;1-8-6-4-9-3-2-5(6)7(10)11/h2-3,5,7-9,11H,4,6,10H2,1H3;2-4,8H,1H3,(H,10,11). The summed E-state index contributed by atoms with van der Waals surface area (Å²) >= 11 is 1.81. The first kappa shape index (κ1) is 20.7. The molecule has 2 aromatic carbocycles. The first-order valence-electron chi connectivity index (χ1n) is 9.42. The van der Waals surface area contributed by atoms with Gasteiger partial charge in [-0.05, 0) is 55.2 Å². The molecule has 0 unspecified atom stereocenters. The average molecular weight is 409 g/mol. The lowest BCUT2D eigenvalue weighted by atomic mass is 10.1. The summed E-state index contributed by atoms with van der Waals surface area (Å²) in [6.45, 7) is 3.00. The largest absolute Gasteiger partial charge is 0.493 e. The first-order valence-corrected chi connectivity index (χ1v) is 10.2. The van der Waals surface area contributed by atoms with E-state index < -0.39 is 5.97 Å². The van der Waals surface area contributed by atoms with Gasteiger partial charge in [0, 0.05) is 23.0 Å². The summed E-state index contributed by atoms with van der Waals surface area (Å²) in [5, 5.41) is 11.4. The van der Waals surface area contributed by atoms with Crippen LogP contribution in [0.15, 0.2) is 70.7 Å². The van der Waals surface area contributed by atoms with E-state index in [0.29, 0.717) is 5.69 Å². The minimum atomic E-state index is -0.947. The second-order valence-electron chi connectivity index (χ2n) is 6.57. The number of carbonyl (C=O) groups is 1. The van der Waals surface area contributed by atoms with Crippen molar-refractivity contribution in [2.45, 2.75) is 29.6 Å². The highest BCUT2D eigenvalue weighted by Crippen LogP contribution is 2.35. The molecule has 150 valence electrons. The molecule has 0 saturated carbocycles. The number of nitrogens with zero attached hydrogens (tertiary/aromatic N) is 1. The van der Waals surface area contributed by atoms with E-state index in [-0.39, 0.29) is 5.56 Å². The number of carboxylic acids is 1. The average Bonchev–Trinajstić information content (AvgIpc) is 2.75. The Morgan fingerprint density at radius 1 is 1.21 bits per heavy atom. The number of anilines is 1. The molecule has 2 heterocycles. The maximum atomic E-state index is 10.5. The molecule has 6 heteroatoms. The van der Waals surface area contributed by atoms with Gasteiger partial charge in [-0.15, -0.1) is 0 Å². The van der Waals surface area contributed by atoms with Crippen LogP contribution in [0.5, 0.6) is 5.75 Å². The molecule has 3 aromatic rings. The highest BCUT2D eigenvalue weighted by atomic mass is 32.2. The van der Waals surface area contributed by atoms with Crippen molar-refractivity contribution in [1.82, 2.24) is 4.98 Å². The van der Waals surface area contributed by atoms with Crippen molar-refractivity contribution in [2.24, 2.45) is 0 Å².